The van der Waals surface area contributed by atoms with Crippen LogP contribution in [0.3, 0.4) is 0 Å². The molecular formula is C21H25NO3. The second-order valence-corrected chi connectivity index (χ2v) is 9.41. The van der Waals surface area contributed by atoms with Crippen LogP contribution in [0.15, 0.2) is 23.4 Å². The molecule has 3 fully saturated rings. The van der Waals surface area contributed by atoms with Crippen molar-refractivity contribution in [3.8, 4) is 0 Å². The van der Waals surface area contributed by atoms with Crippen LogP contribution in [0.25, 0.3) is 0 Å². The highest BCUT2D eigenvalue weighted by Crippen LogP contribution is 2.83. The Bertz CT molecular complexity index is 853. The highest BCUT2D eigenvalue weighted by molar-refractivity contribution is 5.92. The fourth-order valence-corrected chi connectivity index (χ4v) is 8.83. The van der Waals surface area contributed by atoms with Crippen LogP contribution in [-0.2, 0) is 16.6 Å². The maximum absolute atomic E-state index is 12.2. The number of allylic oxidation sites excluding steroid dienone is 1. The Hall–Kier alpha value is -1.55. The number of rotatable bonds is 1. The van der Waals surface area contributed by atoms with E-state index in [4.69, 9.17) is 0 Å². The van der Waals surface area contributed by atoms with Gasteiger partial charge >= 0.3 is 5.97 Å². The third-order valence-corrected chi connectivity index (χ3v) is 9.18. The smallest absolute Gasteiger partial charge is 0.334 e. The zero-order valence-electron chi connectivity index (χ0n) is 14.6. The summed E-state index contributed by atoms with van der Waals surface area (Å²) in [5.74, 6) is 0.183. The average molecular weight is 339 g/mol. The van der Waals surface area contributed by atoms with Gasteiger partial charge in [-0.15, -0.1) is 0 Å². The number of H-pyrrole nitrogens is 1. The summed E-state index contributed by atoms with van der Waals surface area (Å²) in [6.45, 7) is 2.41. The molecule has 25 heavy (non-hydrogen) atoms. The molecule has 1 aromatic rings. The number of carboxylic acids is 1. The van der Waals surface area contributed by atoms with Crippen molar-refractivity contribution >= 4 is 5.97 Å². The number of aliphatic hydroxyl groups excluding tert-OH is 1. The lowest BCUT2D eigenvalue weighted by atomic mass is 9.36. The summed E-state index contributed by atoms with van der Waals surface area (Å²) in [5.41, 5.74) is 3.48. The number of aromatic nitrogens is 1. The quantitative estimate of drug-likeness (QED) is 0.736. The first-order chi connectivity index (χ1) is 12.0. The van der Waals surface area contributed by atoms with Gasteiger partial charge in [-0.1, -0.05) is 13.3 Å². The van der Waals surface area contributed by atoms with Gasteiger partial charge in [0.1, 0.15) is 0 Å². The Balaban J connectivity index is 1.79. The van der Waals surface area contributed by atoms with E-state index in [1.54, 1.807) is 0 Å². The molecule has 0 amide bonds. The van der Waals surface area contributed by atoms with E-state index in [1.807, 2.05) is 6.20 Å². The molecule has 0 aliphatic heterocycles. The number of hydrogen-bond acceptors (Lipinski definition) is 2. The SMILES string of the molecule is CC12Cc3[nH]ccc3C34CCCC5CCC1CC(=C(C(=O)O)C3O)C524. The monoisotopic (exact) mass is 339 g/mol. The maximum Gasteiger partial charge on any atom is 0.334 e. The standard InChI is InChI=1S/C21H25NO3/c1-19-10-15-13(6-8-22-15)20-7-2-3-11-4-5-12(19)9-14(21(11,19)20)16(17(20)23)18(24)25/h6,8,11-12,17,22-23H,2-5,7,9-10H2,1H3,(H,24,25). The molecule has 6 rings (SSSR count). The summed E-state index contributed by atoms with van der Waals surface area (Å²) < 4.78 is 0. The Morgan fingerprint density at radius 3 is 2.88 bits per heavy atom. The van der Waals surface area contributed by atoms with Crippen molar-refractivity contribution in [1.29, 1.82) is 0 Å². The molecule has 6 unspecified atom stereocenters. The Labute approximate surface area is 147 Å². The van der Waals surface area contributed by atoms with Gasteiger partial charge in [0.25, 0.3) is 0 Å². The number of carbonyl (C=O) groups is 1. The lowest BCUT2D eigenvalue weighted by Gasteiger charge is -2.67. The predicted molar refractivity (Wildman–Crippen MR) is 92.1 cm³/mol. The van der Waals surface area contributed by atoms with E-state index in [2.05, 4.69) is 18.0 Å². The molecule has 1 aromatic heterocycles. The molecule has 6 atom stereocenters. The van der Waals surface area contributed by atoms with Gasteiger partial charge in [0, 0.05) is 22.7 Å². The summed E-state index contributed by atoms with van der Waals surface area (Å²) in [7, 11) is 0. The van der Waals surface area contributed by atoms with Crippen LogP contribution < -0.4 is 0 Å². The van der Waals surface area contributed by atoms with Crippen LogP contribution in [0.5, 0.6) is 0 Å². The van der Waals surface area contributed by atoms with Crippen molar-refractivity contribution in [2.75, 3.05) is 0 Å². The molecule has 0 radical (unpaired) electrons. The lowest BCUT2D eigenvalue weighted by molar-refractivity contribution is -0.146. The molecule has 3 N–H and O–H groups in total. The molecule has 2 bridgehead atoms. The largest absolute Gasteiger partial charge is 0.478 e. The maximum atomic E-state index is 12.2. The topological polar surface area (TPSA) is 73.3 Å². The molecule has 4 heteroatoms. The van der Waals surface area contributed by atoms with E-state index in [1.165, 1.54) is 30.5 Å². The van der Waals surface area contributed by atoms with Gasteiger partial charge in [-0.05, 0) is 73.0 Å². The first-order valence-electron chi connectivity index (χ1n) is 9.80. The first kappa shape index (κ1) is 14.6. The van der Waals surface area contributed by atoms with Crippen LogP contribution in [0.4, 0.5) is 0 Å². The summed E-state index contributed by atoms with van der Waals surface area (Å²) in [6.07, 6.45) is 8.63. The number of aliphatic carboxylic acids is 1. The molecule has 0 aromatic carbocycles. The van der Waals surface area contributed by atoms with Crippen LogP contribution in [0.1, 0.15) is 56.7 Å². The minimum atomic E-state index is -0.890. The normalized spacial score (nSPS) is 49.1. The molecule has 5 aliphatic rings. The molecule has 1 spiro atoms. The van der Waals surface area contributed by atoms with Gasteiger partial charge in [-0.25, -0.2) is 4.79 Å². The van der Waals surface area contributed by atoms with E-state index in [-0.39, 0.29) is 10.8 Å². The van der Waals surface area contributed by atoms with Crippen LogP contribution in [0.2, 0.25) is 0 Å². The number of hydrogen-bond donors (Lipinski definition) is 3. The van der Waals surface area contributed by atoms with Crippen molar-refractivity contribution in [2.45, 2.75) is 63.4 Å². The van der Waals surface area contributed by atoms with Gasteiger partial charge in [0.2, 0.25) is 0 Å². The lowest BCUT2D eigenvalue weighted by Crippen LogP contribution is -2.66. The molecule has 132 valence electrons. The zero-order valence-corrected chi connectivity index (χ0v) is 14.6. The van der Waals surface area contributed by atoms with E-state index >= 15 is 0 Å². The van der Waals surface area contributed by atoms with Crippen molar-refractivity contribution in [3.63, 3.8) is 0 Å². The van der Waals surface area contributed by atoms with E-state index in [9.17, 15) is 15.0 Å². The first-order valence-corrected chi connectivity index (χ1v) is 9.80. The van der Waals surface area contributed by atoms with Crippen molar-refractivity contribution < 1.29 is 15.0 Å². The van der Waals surface area contributed by atoms with Crippen molar-refractivity contribution in [2.24, 2.45) is 22.7 Å². The Morgan fingerprint density at radius 1 is 1.28 bits per heavy atom. The number of carboxylic acid groups (broad SMARTS) is 1. The highest BCUT2D eigenvalue weighted by atomic mass is 16.4. The number of nitrogens with one attached hydrogen (secondary N) is 1. The van der Waals surface area contributed by atoms with Gasteiger partial charge < -0.3 is 15.2 Å². The second kappa shape index (κ2) is 4.06. The summed E-state index contributed by atoms with van der Waals surface area (Å²) in [6, 6.07) is 2.14. The third-order valence-electron chi connectivity index (χ3n) is 9.18. The number of aromatic amines is 1. The zero-order chi connectivity index (χ0) is 17.2. The number of aliphatic hydroxyl groups is 1. The van der Waals surface area contributed by atoms with Crippen LogP contribution >= 0.6 is 0 Å². The van der Waals surface area contributed by atoms with Crippen LogP contribution in [0, 0.1) is 22.7 Å². The molecule has 5 aliphatic carbocycles. The minimum absolute atomic E-state index is 0.0711. The fourth-order valence-electron chi connectivity index (χ4n) is 8.83. The van der Waals surface area contributed by atoms with Crippen molar-refractivity contribution in [3.05, 3.63) is 34.7 Å². The van der Waals surface area contributed by atoms with E-state index in [0.717, 1.165) is 31.3 Å². The minimum Gasteiger partial charge on any atom is -0.478 e. The summed E-state index contributed by atoms with van der Waals surface area (Å²) in [5, 5.41) is 21.6. The Morgan fingerprint density at radius 2 is 2.08 bits per heavy atom. The second-order valence-electron chi connectivity index (χ2n) is 9.41. The molecular weight excluding hydrogens is 314 g/mol. The van der Waals surface area contributed by atoms with Gasteiger partial charge in [0.05, 0.1) is 11.7 Å². The van der Waals surface area contributed by atoms with E-state index < -0.39 is 17.5 Å². The third kappa shape index (κ3) is 1.17. The van der Waals surface area contributed by atoms with Crippen molar-refractivity contribution in [1.82, 2.24) is 4.98 Å². The Kier molecular flexibility index (Phi) is 2.37. The molecule has 0 saturated heterocycles. The number of fused-ring (bicyclic) bond motifs is 1. The summed E-state index contributed by atoms with van der Waals surface area (Å²) in [4.78, 5) is 15.7. The molecule has 3 saturated carbocycles. The van der Waals surface area contributed by atoms with E-state index in [0.29, 0.717) is 17.4 Å². The van der Waals surface area contributed by atoms with Gasteiger partial charge in [-0.3, -0.25) is 0 Å². The highest BCUT2D eigenvalue weighted by Gasteiger charge is 2.81. The van der Waals surface area contributed by atoms with Crippen LogP contribution in [-0.4, -0.2) is 27.3 Å². The summed E-state index contributed by atoms with van der Waals surface area (Å²) >= 11 is 0. The van der Waals surface area contributed by atoms with Gasteiger partial charge in [-0.2, -0.15) is 0 Å². The fraction of sp³-hybridized carbons (Fsp3) is 0.667. The van der Waals surface area contributed by atoms with Gasteiger partial charge in [0.15, 0.2) is 0 Å². The average Bonchev–Trinajstić information content (AvgIpc) is 3.13. The predicted octanol–water partition coefficient (Wildman–Crippen LogP) is 3.17. The molecule has 1 heterocycles. The molecule has 4 nitrogen and oxygen atoms in total.